The Hall–Kier alpha value is -2.18. The van der Waals surface area contributed by atoms with Crippen molar-refractivity contribution in [2.24, 2.45) is 10.9 Å². The minimum absolute atomic E-state index is 0.0792. The summed E-state index contributed by atoms with van der Waals surface area (Å²) in [6.45, 7) is 2.10. The van der Waals surface area contributed by atoms with E-state index in [1.54, 1.807) is 14.0 Å². The Morgan fingerprint density at radius 1 is 1.38 bits per heavy atom. The second-order valence-electron chi connectivity index (χ2n) is 4.47. The fraction of sp³-hybridized carbons (Fsp3) is 0.429. The summed E-state index contributed by atoms with van der Waals surface area (Å²) in [4.78, 5) is 15.2. The number of hydrogen-bond acceptors (Lipinski definition) is 3. The molecular formula is C14H19F2N3O2. The quantitative estimate of drug-likeness (QED) is 0.490. The Balaban J connectivity index is 2.52. The number of carbonyl (C=O) groups excluding carboxylic acids is 1. The first-order valence-corrected chi connectivity index (χ1v) is 6.44. The Morgan fingerprint density at radius 2 is 2.10 bits per heavy atom. The molecule has 0 aliphatic carbocycles. The van der Waals surface area contributed by atoms with E-state index in [2.05, 4.69) is 20.4 Å². The number of ether oxygens (including phenoxy) is 1. The van der Waals surface area contributed by atoms with Gasteiger partial charge >= 0.3 is 5.97 Å². The van der Waals surface area contributed by atoms with Gasteiger partial charge in [-0.05, 0) is 18.2 Å². The number of nitrogens with one attached hydrogen (secondary N) is 2. The topological polar surface area (TPSA) is 62.7 Å². The molecule has 0 spiro atoms. The fourth-order valence-corrected chi connectivity index (χ4v) is 1.61. The van der Waals surface area contributed by atoms with Crippen LogP contribution in [0.25, 0.3) is 0 Å². The van der Waals surface area contributed by atoms with Crippen LogP contribution in [0.2, 0.25) is 0 Å². The van der Waals surface area contributed by atoms with Gasteiger partial charge in [0.1, 0.15) is 11.6 Å². The molecule has 0 bridgehead atoms. The summed E-state index contributed by atoms with van der Waals surface area (Å²) in [6.07, 6.45) is 0. The van der Waals surface area contributed by atoms with E-state index in [0.717, 1.165) is 18.2 Å². The first-order chi connectivity index (χ1) is 9.97. The number of benzene rings is 1. The standard InChI is InChI=1S/C14H19F2N3O2/c1-9(13(20)21-3)7-18-14(17-2)19-8-10-6-11(15)4-5-12(10)16/h4-6,9H,7-8H2,1-3H3,(H2,17,18,19). The van der Waals surface area contributed by atoms with E-state index in [1.807, 2.05) is 0 Å². The van der Waals surface area contributed by atoms with Crippen molar-refractivity contribution in [1.29, 1.82) is 0 Å². The molecule has 0 aliphatic heterocycles. The molecule has 0 aromatic heterocycles. The molecule has 21 heavy (non-hydrogen) atoms. The molecule has 2 N–H and O–H groups in total. The number of aliphatic imine (C=N–C) groups is 1. The van der Waals surface area contributed by atoms with E-state index in [4.69, 9.17) is 0 Å². The minimum Gasteiger partial charge on any atom is -0.469 e. The highest BCUT2D eigenvalue weighted by atomic mass is 19.1. The maximum Gasteiger partial charge on any atom is 0.310 e. The van der Waals surface area contributed by atoms with Crippen molar-refractivity contribution in [2.45, 2.75) is 13.5 Å². The molecule has 7 heteroatoms. The van der Waals surface area contributed by atoms with Gasteiger partial charge in [-0.25, -0.2) is 8.78 Å². The Kier molecular flexibility index (Phi) is 6.58. The zero-order chi connectivity index (χ0) is 15.8. The molecule has 0 heterocycles. The summed E-state index contributed by atoms with van der Waals surface area (Å²) in [7, 11) is 2.86. The van der Waals surface area contributed by atoms with E-state index in [0.29, 0.717) is 12.5 Å². The number of hydrogen-bond donors (Lipinski definition) is 2. The number of methoxy groups -OCH3 is 1. The molecule has 1 atom stereocenters. The van der Waals surface area contributed by atoms with Gasteiger partial charge in [0, 0.05) is 25.7 Å². The van der Waals surface area contributed by atoms with E-state index >= 15 is 0 Å². The van der Waals surface area contributed by atoms with E-state index in [1.165, 1.54) is 7.11 Å². The molecule has 1 aromatic rings. The number of carbonyl (C=O) groups is 1. The first kappa shape index (κ1) is 16.9. The van der Waals surface area contributed by atoms with Crippen LogP contribution in [-0.4, -0.2) is 32.6 Å². The summed E-state index contributed by atoms with van der Waals surface area (Å²) in [5.74, 6) is -1.30. The van der Waals surface area contributed by atoms with Crippen molar-refractivity contribution in [3.05, 3.63) is 35.4 Å². The summed E-state index contributed by atoms with van der Waals surface area (Å²) in [5.41, 5.74) is 0.193. The highest BCUT2D eigenvalue weighted by Crippen LogP contribution is 2.09. The third-order valence-corrected chi connectivity index (χ3v) is 2.86. The summed E-state index contributed by atoms with van der Waals surface area (Å²) in [5, 5.41) is 5.76. The van der Waals surface area contributed by atoms with Crippen LogP contribution in [0.15, 0.2) is 23.2 Å². The Labute approximate surface area is 122 Å². The second kappa shape index (κ2) is 8.18. The van der Waals surface area contributed by atoms with Gasteiger partial charge in [-0.15, -0.1) is 0 Å². The molecule has 0 fully saturated rings. The molecule has 5 nitrogen and oxygen atoms in total. The molecule has 1 aromatic carbocycles. The smallest absolute Gasteiger partial charge is 0.310 e. The summed E-state index contributed by atoms with van der Waals surface area (Å²) < 4.78 is 31.1. The van der Waals surface area contributed by atoms with Crippen LogP contribution < -0.4 is 10.6 Å². The van der Waals surface area contributed by atoms with Crippen LogP contribution in [0.5, 0.6) is 0 Å². The average Bonchev–Trinajstić information content (AvgIpc) is 2.49. The Bertz CT molecular complexity index is 521. The van der Waals surface area contributed by atoms with Crippen molar-refractivity contribution in [3.8, 4) is 0 Å². The van der Waals surface area contributed by atoms with Gasteiger partial charge in [-0.3, -0.25) is 9.79 Å². The third kappa shape index (κ3) is 5.37. The van der Waals surface area contributed by atoms with E-state index < -0.39 is 11.6 Å². The van der Waals surface area contributed by atoms with Gasteiger partial charge < -0.3 is 15.4 Å². The highest BCUT2D eigenvalue weighted by molar-refractivity contribution is 5.80. The molecule has 0 saturated heterocycles. The van der Waals surface area contributed by atoms with Gasteiger partial charge in [0.15, 0.2) is 5.96 Å². The molecule has 0 saturated carbocycles. The van der Waals surface area contributed by atoms with Crippen molar-refractivity contribution in [3.63, 3.8) is 0 Å². The molecule has 0 radical (unpaired) electrons. The van der Waals surface area contributed by atoms with Crippen LogP contribution >= 0.6 is 0 Å². The van der Waals surface area contributed by atoms with Crippen molar-refractivity contribution < 1.29 is 18.3 Å². The lowest BCUT2D eigenvalue weighted by Gasteiger charge is -2.15. The van der Waals surface area contributed by atoms with Crippen LogP contribution in [0, 0.1) is 17.6 Å². The molecular weight excluding hydrogens is 280 g/mol. The lowest BCUT2D eigenvalue weighted by Crippen LogP contribution is -2.40. The SMILES string of the molecule is CN=C(NCc1cc(F)ccc1F)NCC(C)C(=O)OC. The molecule has 0 aliphatic rings. The van der Waals surface area contributed by atoms with Crippen molar-refractivity contribution in [2.75, 3.05) is 20.7 Å². The van der Waals surface area contributed by atoms with E-state index in [-0.39, 0.29) is 24.0 Å². The Morgan fingerprint density at radius 3 is 2.71 bits per heavy atom. The lowest BCUT2D eigenvalue weighted by atomic mass is 10.2. The minimum atomic E-state index is -0.504. The maximum atomic E-state index is 13.5. The van der Waals surface area contributed by atoms with Crippen LogP contribution in [0.3, 0.4) is 0 Å². The van der Waals surface area contributed by atoms with Gasteiger partial charge in [-0.1, -0.05) is 6.92 Å². The molecule has 0 amide bonds. The monoisotopic (exact) mass is 299 g/mol. The van der Waals surface area contributed by atoms with Gasteiger partial charge in [0.2, 0.25) is 0 Å². The lowest BCUT2D eigenvalue weighted by molar-refractivity contribution is -0.144. The predicted octanol–water partition coefficient (Wildman–Crippen LogP) is 1.44. The van der Waals surface area contributed by atoms with Crippen molar-refractivity contribution >= 4 is 11.9 Å². The molecule has 116 valence electrons. The van der Waals surface area contributed by atoms with Gasteiger partial charge in [0.05, 0.1) is 13.0 Å². The number of nitrogens with zero attached hydrogens (tertiary/aromatic N) is 1. The third-order valence-electron chi connectivity index (χ3n) is 2.86. The van der Waals surface area contributed by atoms with Gasteiger partial charge in [0.25, 0.3) is 0 Å². The summed E-state index contributed by atoms with van der Waals surface area (Å²) >= 11 is 0. The van der Waals surface area contributed by atoms with Gasteiger partial charge in [-0.2, -0.15) is 0 Å². The largest absolute Gasteiger partial charge is 0.469 e. The average molecular weight is 299 g/mol. The molecule has 1 rings (SSSR count). The number of rotatable bonds is 5. The first-order valence-electron chi connectivity index (χ1n) is 6.44. The second-order valence-corrected chi connectivity index (χ2v) is 4.47. The number of guanidine groups is 1. The zero-order valence-corrected chi connectivity index (χ0v) is 12.2. The fourth-order valence-electron chi connectivity index (χ4n) is 1.61. The van der Waals surface area contributed by atoms with Crippen LogP contribution in [0.4, 0.5) is 8.78 Å². The number of halogens is 2. The normalized spacial score (nSPS) is 12.7. The highest BCUT2D eigenvalue weighted by Gasteiger charge is 2.13. The zero-order valence-electron chi connectivity index (χ0n) is 12.2. The maximum absolute atomic E-state index is 13.5. The van der Waals surface area contributed by atoms with Crippen LogP contribution in [0.1, 0.15) is 12.5 Å². The molecule has 1 unspecified atom stereocenters. The van der Waals surface area contributed by atoms with Crippen LogP contribution in [-0.2, 0) is 16.1 Å². The van der Waals surface area contributed by atoms with E-state index in [9.17, 15) is 13.6 Å². The number of esters is 1. The van der Waals surface area contributed by atoms with Crippen molar-refractivity contribution in [1.82, 2.24) is 10.6 Å². The summed E-state index contributed by atoms with van der Waals surface area (Å²) in [6, 6.07) is 3.25. The predicted molar refractivity (Wildman–Crippen MR) is 75.7 cm³/mol.